The van der Waals surface area contributed by atoms with Crippen molar-refractivity contribution in [1.82, 2.24) is 0 Å². The van der Waals surface area contributed by atoms with Gasteiger partial charge in [-0.1, -0.05) is 20.8 Å². The van der Waals surface area contributed by atoms with Crippen molar-refractivity contribution >= 4 is 28.3 Å². The number of hydrogen-bond acceptors (Lipinski definition) is 3. The Morgan fingerprint density at radius 1 is 1.11 bits per heavy atom. The molecule has 0 fully saturated rings. The molecule has 0 amide bonds. The molecular formula is C13H21BrClNO2. The van der Waals surface area contributed by atoms with Crippen LogP contribution in [0.15, 0.2) is 16.6 Å². The van der Waals surface area contributed by atoms with E-state index in [0.29, 0.717) is 0 Å². The summed E-state index contributed by atoms with van der Waals surface area (Å²) in [5.41, 5.74) is 7.19. The van der Waals surface area contributed by atoms with Crippen molar-refractivity contribution < 1.29 is 9.47 Å². The fourth-order valence-electron chi connectivity index (χ4n) is 1.59. The normalized spacial score (nSPS) is 12.6. The van der Waals surface area contributed by atoms with Crippen LogP contribution in [0.1, 0.15) is 32.4 Å². The summed E-state index contributed by atoms with van der Waals surface area (Å²) < 4.78 is 11.5. The molecule has 0 bridgehead atoms. The van der Waals surface area contributed by atoms with Gasteiger partial charge in [0.25, 0.3) is 0 Å². The second-order valence-corrected chi connectivity index (χ2v) is 5.93. The van der Waals surface area contributed by atoms with Crippen LogP contribution in [-0.4, -0.2) is 14.2 Å². The van der Waals surface area contributed by atoms with E-state index in [9.17, 15) is 0 Å². The van der Waals surface area contributed by atoms with Crippen molar-refractivity contribution in [1.29, 1.82) is 0 Å². The van der Waals surface area contributed by atoms with Gasteiger partial charge in [-0.15, -0.1) is 12.4 Å². The highest BCUT2D eigenvalue weighted by atomic mass is 79.9. The van der Waals surface area contributed by atoms with Crippen molar-refractivity contribution in [3.63, 3.8) is 0 Å². The first-order chi connectivity index (χ1) is 7.81. The topological polar surface area (TPSA) is 44.5 Å². The summed E-state index contributed by atoms with van der Waals surface area (Å²) >= 11 is 3.44. The van der Waals surface area contributed by atoms with Crippen LogP contribution in [0.25, 0.3) is 0 Å². The standard InChI is InChI=1S/C13H20BrNO2.ClH/c1-13(2,3)12(15)8-6-11(17-5)9(14)7-10(8)16-4;/h6-7,12H,15H2,1-5H3;1H/t12-;/m1./s1. The molecule has 3 nitrogen and oxygen atoms in total. The summed E-state index contributed by atoms with van der Waals surface area (Å²) in [5, 5.41) is 0. The number of halogens is 2. The summed E-state index contributed by atoms with van der Waals surface area (Å²) in [6.45, 7) is 6.31. The molecule has 1 rings (SSSR count). The van der Waals surface area contributed by atoms with Gasteiger partial charge in [0.05, 0.1) is 18.7 Å². The third-order valence-corrected chi connectivity index (χ3v) is 3.39. The molecular weight excluding hydrogens is 318 g/mol. The third-order valence-electron chi connectivity index (χ3n) is 2.77. The van der Waals surface area contributed by atoms with Gasteiger partial charge < -0.3 is 15.2 Å². The average molecular weight is 339 g/mol. The van der Waals surface area contributed by atoms with Crippen LogP contribution in [0.2, 0.25) is 0 Å². The van der Waals surface area contributed by atoms with Crippen molar-refractivity contribution in [3.8, 4) is 11.5 Å². The number of ether oxygens (including phenoxy) is 2. The molecule has 0 radical (unpaired) electrons. The lowest BCUT2D eigenvalue weighted by Crippen LogP contribution is -2.26. The van der Waals surface area contributed by atoms with Gasteiger partial charge in [-0.3, -0.25) is 0 Å². The fourth-order valence-corrected chi connectivity index (χ4v) is 2.08. The van der Waals surface area contributed by atoms with E-state index in [-0.39, 0.29) is 23.9 Å². The van der Waals surface area contributed by atoms with Gasteiger partial charge in [-0.25, -0.2) is 0 Å². The van der Waals surface area contributed by atoms with E-state index in [2.05, 4.69) is 36.7 Å². The van der Waals surface area contributed by atoms with Gasteiger partial charge in [0.15, 0.2) is 0 Å². The Bertz CT molecular complexity index is 405. The van der Waals surface area contributed by atoms with Crippen molar-refractivity contribution in [2.75, 3.05) is 14.2 Å². The van der Waals surface area contributed by atoms with E-state index < -0.39 is 0 Å². The van der Waals surface area contributed by atoms with E-state index in [1.165, 1.54) is 0 Å². The summed E-state index contributed by atoms with van der Waals surface area (Å²) in [6.07, 6.45) is 0. The highest BCUT2D eigenvalue weighted by Crippen LogP contribution is 2.40. The van der Waals surface area contributed by atoms with Gasteiger partial charge in [-0.05, 0) is 33.5 Å². The minimum Gasteiger partial charge on any atom is -0.496 e. The van der Waals surface area contributed by atoms with Crippen LogP contribution in [0.3, 0.4) is 0 Å². The first-order valence-electron chi connectivity index (χ1n) is 5.48. The quantitative estimate of drug-likeness (QED) is 0.908. The van der Waals surface area contributed by atoms with E-state index >= 15 is 0 Å². The summed E-state index contributed by atoms with van der Waals surface area (Å²) in [5.74, 6) is 1.54. The van der Waals surface area contributed by atoms with Crippen LogP contribution < -0.4 is 15.2 Å². The molecule has 0 spiro atoms. The number of rotatable bonds is 3. The fraction of sp³-hybridized carbons (Fsp3) is 0.538. The Morgan fingerprint density at radius 2 is 1.61 bits per heavy atom. The molecule has 0 aliphatic heterocycles. The number of benzene rings is 1. The predicted molar refractivity (Wildman–Crippen MR) is 80.9 cm³/mol. The predicted octanol–water partition coefficient (Wildman–Crippen LogP) is 3.93. The largest absolute Gasteiger partial charge is 0.496 e. The maximum Gasteiger partial charge on any atom is 0.133 e. The van der Waals surface area contributed by atoms with Crippen LogP contribution in [0, 0.1) is 5.41 Å². The molecule has 104 valence electrons. The van der Waals surface area contributed by atoms with Gasteiger partial charge in [0.2, 0.25) is 0 Å². The zero-order valence-corrected chi connectivity index (χ0v) is 13.8. The average Bonchev–Trinajstić information content (AvgIpc) is 2.26. The molecule has 0 aromatic heterocycles. The summed E-state index contributed by atoms with van der Waals surface area (Å²) in [4.78, 5) is 0. The Labute approximate surface area is 124 Å². The monoisotopic (exact) mass is 337 g/mol. The Hall–Kier alpha value is -0.450. The number of methoxy groups -OCH3 is 2. The van der Waals surface area contributed by atoms with Crippen LogP contribution >= 0.6 is 28.3 Å². The number of nitrogens with two attached hydrogens (primary N) is 1. The summed E-state index contributed by atoms with van der Waals surface area (Å²) in [6, 6.07) is 3.71. The molecule has 5 heteroatoms. The van der Waals surface area contributed by atoms with E-state index in [1.54, 1.807) is 14.2 Å². The smallest absolute Gasteiger partial charge is 0.133 e. The lowest BCUT2D eigenvalue weighted by atomic mass is 9.82. The molecule has 1 aromatic rings. The molecule has 0 heterocycles. The third kappa shape index (κ3) is 3.77. The maximum absolute atomic E-state index is 6.27. The first-order valence-corrected chi connectivity index (χ1v) is 6.27. The molecule has 0 saturated heterocycles. The molecule has 0 unspecified atom stereocenters. The van der Waals surface area contributed by atoms with Crippen LogP contribution in [-0.2, 0) is 0 Å². The first kappa shape index (κ1) is 17.6. The Kier molecular flexibility index (Phi) is 6.47. The van der Waals surface area contributed by atoms with Crippen molar-refractivity contribution in [3.05, 3.63) is 22.2 Å². The Balaban J connectivity index is 0.00000289. The second kappa shape index (κ2) is 6.64. The molecule has 0 aliphatic rings. The maximum atomic E-state index is 6.27. The lowest BCUT2D eigenvalue weighted by Gasteiger charge is -2.29. The van der Waals surface area contributed by atoms with Crippen molar-refractivity contribution in [2.45, 2.75) is 26.8 Å². The zero-order chi connectivity index (χ0) is 13.2. The van der Waals surface area contributed by atoms with Gasteiger partial charge in [0, 0.05) is 11.6 Å². The van der Waals surface area contributed by atoms with E-state index in [0.717, 1.165) is 21.5 Å². The van der Waals surface area contributed by atoms with Crippen molar-refractivity contribution in [2.24, 2.45) is 11.1 Å². The minimum atomic E-state index is -0.112. The van der Waals surface area contributed by atoms with Gasteiger partial charge >= 0.3 is 0 Å². The molecule has 0 aliphatic carbocycles. The lowest BCUT2D eigenvalue weighted by molar-refractivity contribution is 0.312. The van der Waals surface area contributed by atoms with Gasteiger partial charge in [-0.2, -0.15) is 0 Å². The molecule has 1 aromatic carbocycles. The number of hydrogen-bond donors (Lipinski definition) is 1. The second-order valence-electron chi connectivity index (χ2n) is 5.07. The SMILES string of the molecule is COc1cc([C@@H](N)C(C)(C)C)c(OC)cc1Br.Cl. The van der Waals surface area contributed by atoms with E-state index in [4.69, 9.17) is 15.2 Å². The highest BCUT2D eigenvalue weighted by molar-refractivity contribution is 9.10. The van der Waals surface area contributed by atoms with E-state index in [1.807, 2.05) is 12.1 Å². The minimum absolute atomic E-state index is 0. The molecule has 18 heavy (non-hydrogen) atoms. The van der Waals surface area contributed by atoms with Crippen LogP contribution in [0.4, 0.5) is 0 Å². The summed E-state index contributed by atoms with van der Waals surface area (Å²) in [7, 11) is 3.28. The zero-order valence-electron chi connectivity index (χ0n) is 11.4. The van der Waals surface area contributed by atoms with Crippen LogP contribution in [0.5, 0.6) is 11.5 Å². The highest BCUT2D eigenvalue weighted by Gasteiger charge is 2.26. The van der Waals surface area contributed by atoms with Gasteiger partial charge in [0.1, 0.15) is 11.5 Å². The molecule has 0 saturated carbocycles. The Morgan fingerprint density at radius 3 is 2.00 bits per heavy atom. The molecule has 2 N–H and O–H groups in total. The molecule has 1 atom stereocenters.